The van der Waals surface area contributed by atoms with E-state index in [1.54, 1.807) is 18.2 Å². The fraction of sp³-hybridized carbons (Fsp3) is 0.600. The van der Waals surface area contributed by atoms with Crippen LogP contribution in [0.3, 0.4) is 0 Å². The van der Waals surface area contributed by atoms with Crippen molar-refractivity contribution in [3.63, 3.8) is 0 Å². The molecule has 1 saturated heterocycles. The number of fused-ring (bicyclic) bond motifs is 1. The fourth-order valence-electron chi connectivity index (χ4n) is 3.65. The second kappa shape index (κ2) is 9.69. The quantitative estimate of drug-likeness (QED) is 0.255. The smallest absolute Gasteiger partial charge is 0.294 e. The van der Waals surface area contributed by atoms with Crippen molar-refractivity contribution in [2.45, 2.75) is 32.6 Å². The molecule has 9 nitrogen and oxygen atoms in total. The Morgan fingerprint density at radius 3 is 2.52 bits per heavy atom. The second-order valence-electron chi connectivity index (χ2n) is 7.61. The van der Waals surface area contributed by atoms with E-state index in [-0.39, 0.29) is 25.0 Å². The highest BCUT2D eigenvalue weighted by molar-refractivity contribution is 6.21. The van der Waals surface area contributed by atoms with Gasteiger partial charge in [0.25, 0.3) is 16.9 Å². The summed E-state index contributed by atoms with van der Waals surface area (Å²) in [6.07, 6.45) is 3.25. The number of ether oxygens (including phenoxy) is 1. The molecule has 1 aromatic rings. The number of rotatable bonds is 10. The standard InChI is InChI=1S/C20H27N3O6/c1-15-6-9-21(10-7-15)11-13-28-16-4-5-17-18(14-16)20(25)22(19(17)24)8-2-3-12-29-23(26)27/h4-5,14-15H,2-3,6-13H2,1H3. The Labute approximate surface area is 169 Å². The van der Waals surface area contributed by atoms with Gasteiger partial charge in [0.2, 0.25) is 0 Å². The summed E-state index contributed by atoms with van der Waals surface area (Å²) in [7, 11) is 0. The fourth-order valence-corrected chi connectivity index (χ4v) is 3.65. The molecule has 0 unspecified atom stereocenters. The zero-order valence-corrected chi connectivity index (χ0v) is 16.7. The van der Waals surface area contributed by atoms with E-state index in [0.717, 1.165) is 25.6 Å². The van der Waals surface area contributed by atoms with Crippen molar-refractivity contribution in [1.82, 2.24) is 9.80 Å². The van der Waals surface area contributed by atoms with Crippen molar-refractivity contribution >= 4 is 11.8 Å². The normalized spacial score (nSPS) is 17.5. The predicted molar refractivity (Wildman–Crippen MR) is 104 cm³/mol. The highest BCUT2D eigenvalue weighted by Crippen LogP contribution is 2.27. The summed E-state index contributed by atoms with van der Waals surface area (Å²) < 4.78 is 5.81. The number of benzene rings is 1. The van der Waals surface area contributed by atoms with Gasteiger partial charge >= 0.3 is 0 Å². The van der Waals surface area contributed by atoms with Crippen LogP contribution in [-0.2, 0) is 4.84 Å². The molecule has 2 amide bonds. The van der Waals surface area contributed by atoms with Gasteiger partial charge in [0.05, 0.1) is 17.7 Å². The van der Waals surface area contributed by atoms with E-state index >= 15 is 0 Å². The average molecular weight is 405 g/mol. The predicted octanol–water partition coefficient (Wildman–Crippen LogP) is 2.38. The van der Waals surface area contributed by atoms with Crippen molar-refractivity contribution in [1.29, 1.82) is 0 Å². The van der Waals surface area contributed by atoms with Crippen LogP contribution in [0.4, 0.5) is 0 Å². The molecule has 1 aromatic carbocycles. The largest absolute Gasteiger partial charge is 0.492 e. The van der Waals surface area contributed by atoms with Crippen LogP contribution in [0.25, 0.3) is 0 Å². The Hall–Kier alpha value is -2.68. The minimum atomic E-state index is -0.852. The Morgan fingerprint density at radius 1 is 1.07 bits per heavy atom. The van der Waals surface area contributed by atoms with E-state index in [9.17, 15) is 19.7 Å². The third kappa shape index (κ3) is 5.44. The van der Waals surface area contributed by atoms with Crippen molar-refractivity contribution in [3.05, 3.63) is 39.4 Å². The summed E-state index contributed by atoms with van der Waals surface area (Å²) in [4.78, 5) is 43.0. The number of nitrogens with zero attached hydrogens (tertiary/aromatic N) is 3. The monoisotopic (exact) mass is 405 g/mol. The van der Waals surface area contributed by atoms with Gasteiger partial charge in [0.1, 0.15) is 12.4 Å². The molecule has 0 atom stereocenters. The summed E-state index contributed by atoms with van der Waals surface area (Å²) in [5, 5.41) is 9.28. The maximum atomic E-state index is 12.6. The van der Waals surface area contributed by atoms with Crippen molar-refractivity contribution in [2.75, 3.05) is 39.4 Å². The summed E-state index contributed by atoms with van der Waals surface area (Å²) in [6.45, 7) is 5.98. The molecule has 0 N–H and O–H groups in total. The maximum absolute atomic E-state index is 12.6. The van der Waals surface area contributed by atoms with Gasteiger partial charge in [0.15, 0.2) is 0 Å². The van der Waals surface area contributed by atoms with Gasteiger partial charge in [-0.15, -0.1) is 10.1 Å². The minimum Gasteiger partial charge on any atom is -0.492 e. The van der Waals surface area contributed by atoms with E-state index in [0.29, 0.717) is 36.3 Å². The lowest BCUT2D eigenvalue weighted by Crippen LogP contribution is -2.35. The number of amides is 2. The molecular weight excluding hydrogens is 378 g/mol. The summed E-state index contributed by atoms with van der Waals surface area (Å²) in [5.74, 6) is 0.678. The molecule has 29 heavy (non-hydrogen) atoms. The molecule has 2 aliphatic rings. The first-order valence-corrected chi connectivity index (χ1v) is 10.1. The van der Waals surface area contributed by atoms with Crippen LogP contribution in [-0.4, -0.2) is 66.1 Å². The minimum absolute atomic E-state index is 0.0515. The molecule has 0 bridgehead atoms. The average Bonchev–Trinajstić information content (AvgIpc) is 2.93. The molecule has 0 aliphatic carbocycles. The van der Waals surface area contributed by atoms with Gasteiger partial charge in [0, 0.05) is 13.1 Å². The molecule has 2 heterocycles. The number of likely N-dealkylation sites (tertiary alicyclic amines) is 1. The van der Waals surface area contributed by atoms with Crippen LogP contribution in [0.2, 0.25) is 0 Å². The molecule has 1 fully saturated rings. The Bertz CT molecular complexity index is 761. The van der Waals surface area contributed by atoms with Crippen LogP contribution in [0.5, 0.6) is 5.75 Å². The summed E-state index contributed by atoms with van der Waals surface area (Å²) in [5.41, 5.74) is 0.717. The zero-order valence-electron chi connectivity index (χ0n) is 16.7. The molecule has 9 heteroatoms. The van der Waals surface area contributed by atoms with Crippen LogP contribution in [0.1, 0.15) is 53.3 Å². The maximum Gasteiger partial charge on any atom is 0.294 e. The first kappa shape index (κ1) is 21.0. The van der Waals surface area contributed by atoms with E-state index in [1.165, 1.54) is 17.7 Å². The van der Waals surface area contributed by atoms with Crippen LogP contribution < -0.4 is 4.74 Å². The van der Waals surface area contributed by atoms with Crippen LogP contribution in [0.15, 0.2) is 18.2 Å². The van der Waals surface area contributed by atoms with Gasteiger partial charge < -0.3 is 9.57 Å². The molecule has 0 aromatic heterocycles. The number of unbranched alkanes of at least 4 members (excludes halogenated alkanes) is 1. The van der Waals surface area contributed by atoms with Gasteiger partial charge in [-0.3, -0.25) is 19.4 Å². The van der Waals surface area contributed by atoms with E-state index in [1.807, 2.05) is 0 Å². The number of carbonyl (C=O) groups excluding carboxylic acids is 2. The number of piperidine rings is 1. The number of hydrogen-bond donors (Lipinski definition) is 0. The molecule has 2 aliphatic heterocycles. The third-order valence-corrected chi connectivity index (χ3v) is 5.47. The molecule has 158 valence electrons. The topological polar surface area (TPSA) is 102 Å². The Morgan fingerprint density at radius 2 is 1.79 bits per heavy atom. The zero-order chi connectivity index (χ0) is 20.8. The Kier molecular flexibility index (Phi) is 7.03. The molecule has 0 saturated carbocycles. The highest BCUT2D eigenvalue weighted by atomic mass is 16.9. The van der Waals surface area contributed by atoms with Crippen LogP contribution >= 0.6 is 0 Å². The molecule has 3 rings (SSSR count). The SMILES string of the molecule is CC1CCN(CCOc2ccc3c(c2)C(=O)N(CCCCO[N+](=O)[O-])C3=O)CC1. The van der Waals surface area contributed by atoms with Gasteiger partial charge in [-0.05, 0) is 62.9 Å². The number of imide groups is 1. The van der Waals surface area contributed by atoms with Crippen molar-refractivity contribution < 1.29 is 24.3 Å². The highest BCUT2D eigenvalue weighted by Gasteiger charge is 2.35. The molecule has 0 radical (unpaired) electrons. The first-order valence-electron chi connectivity index (χ1n) is 10.1. The van der Waals surface area contributed by atoms with E-state index in [2.05, 4.69) is 16.7 Å². The lowest BCUT2D eigenvalue weighted by molar-refractivity contribution is -0.757. The number of carbonyl (C=O) groups is 2. The first-order chi connectivity index (χ1) is 14.0. The molecule has 0 spiro atoms. The van der Waals surface area contributed by atoms with E-state index in [4.69, 9.17) is 4.74 Å². The third-order valence-electron chi connectivity index (χ3n) is 5.47. The van der Waals surface area contributed by atoms with E-state index < -0.39 is 5.09 Å². The summed E-state index contributed by atoms with van der Waals surface area (Å²) in [6, 6.07) is 4.98. The lowest BCUT2D eigenvalue weighted by atomic mass is 9.99. The summed E-state index contributed by atoms with van der Waals surface area (Å²) >= 11 is 0. The lowest BCUT2D eigenvalue weighted by Gasteiger charge is -2.29. The van der Waals surface area contributed by atoms with Gasteiger partial charge in [-0.25, -0.2) is 0 Å². The van der Waals surface area contributed by atoms with Gasteiger partial charge in [-0.1, -0.05) is 6.92 Å². The second-order valence-corrected chi connectivity index (χ2v) is 7.61. The molecular formula is C20H27N3O6. The number of hydrogen-bond acceptors (Lipinski definition) is 7. The van der Waals surface area contributed by atoms with Crippen molar-refractivity contribution in [3.8, 4) is 5.75 Å². The van der Waals surface area contributed by atoms with Crippen molar-refractivity contribution in [2.24, 2.45) is 5.92 Å². The Balaban J connectivity index is 1.48. The van der Waals surface area contributed by atoms with Gasteiger partial charge in [-0.2, -0.15) is 0 Å². The van der Waals surface area contributed by atoms with Crippen LogP contribution in [0, 0.1) is 16.0 Å².